The maximum atomic E-state index is 12.3. The molecule has 0 unspecified atom stereocenters. The van der Waals surface area contributed by atoms with Crippen molar-refractivity contribution >= 4 is 0 Å². The first kappa shape index (κ1) is 20.5. The Bertz CT molecular complexity index is 851. The van der Waals surface area contributed by atoms with E-state index in [4.69, 9.17) is 0 Å². The van der Waals surface area contributed by atoms with Gasteiger partial charge in [0.05, 0.1) is 0 Å². The van der Waals surface area contributed by atoms with Gasteiger partial charge in [-0.15, -0.1) is 0 Å². The standard InChI is InChI=1S/C26H22O2.H2O/c27-25(21-13-5-1-6-14-21,22-15-7-2-8-16-22)26(28,23-17-9-3-10-18-23)24-19-11-4-12-20-24;/h1-20,27-28H;1H2. The highest BCUT2D eigenvalue weighted by Gasteiger charge is 2.54. The van der Waals surface area contributed by atoms with Gasteiger partial charge in [0, 0.05) is 0 Å². The molecule has 0 aliphatic heterocycles. The Hall–Kier alpha value is -3.24. The smallest absolute Gasteiger partial charge is 0.152 e. The number of aliphatic hydroxyl groups is 2. The van der Waals surface area contributed by atoms with Gasteiger partial charge in [-0.05, 0) is 22.3 Å². The molecule has 4 aromatic rings. The van der Waals surface area contributed by atoms with Crippen molar-refractivity contribution < 1.29 is 15.7 Å². The van der Waals surface area contributed by atoms with Gasteiger partial charge >= 0.3 is 0 Å². The van der Waals surface area contributed by atoms with Gasteiger partial charge in [-0.25, -0.2) is 0 Å². The Morgan fingerprint density at radius 2 is 0.517 bits per heavy atom. The average molecular weight is 384 g/mol. The molecular formula is C26H24O3. The molecule has 0 heterocycles. The molecule has 0 aliphatic rings. The fourth-order valence-corrected chi connectivity index (χ4v) is 3.89. The summed E-state index contributed by atoms with van der Waals surface area (Å²) in [6.45, 7) is 0. The van der Waals surface area contributed by atoms with E-state index in [0.717, 1.165) is 0 Å². The van der Waals surface area contributed by atoms with Crippen molar-refractivity contribution in [2.45, 2.75) is 11.2 Å². The monoisotopic (exact) mass is 384 g/mol. The van der Waals surface area contributed by atoms with E-state index in [1.807, 2.05) is 121 Å². The van der Waals surface area contributed by atoms with Crippen molar-refractivity contribution in [2.75, 3.05) is 0 Å². The molecular weight excluding hydrogens is 360 g/mol. The normalized spacial score (nSPS) is 11.5. The van der Waals surface area contributed by atoms with Crippen LogP contribution in [0.2, 0.25) is 0 Å². The molecule has 3 heteroatoms. The Labute approximate surface area is 170 Å². The summed E-state index contributed by atoms with van der Waals surface area (Å²) in [6.07, 6.45) is 0. The first-order valence-electron chi connectivity index (χ1n) is 9.34. The Morgan fingerprint density at radius 3 is 0.690 bits per heavy atom. The summed E-state index contributed by atoms with van der Waals surface area (Å²) >= 11 is 0. The molecule has 0 fully saturated rings. The molecule has 0 aliphatic carbocycles. The summed E-state index contributed by atoms with van der Waals surface area (Å²) in [6, 6.07) is 37.4. The van der Waals surface area contributed by atoms with E-state index in [2.05, 4.69) is 0 Å². The van der Waals surface area contributed by atoms with Gasteiger partial charge in [-0.2, -0.15) is 0 Å². The van der Waals surface area contributed by atoms with Crippen molar-refractivity contribution in [1.29, 1.82) is 0 Å². The van der Waals surface area contributed by atoms with Crippen LogP contribution < -0.4 is 0 Å². The van der Waals surface area contributed by atoms with Crippen LogP contribution in [0.1, 0.15) is 22.3 Å². The van der Waals surface area contributed by atoms with Gasteiger partial charge < -0.3 is 15.7 Å². The second-order valence-corrected chi connectivity index (χ2v) is 6.88. The van der Waals surface area contributed by atoms with Gasteiger partial charge in [-0.1, -0.05) is 121 Å². The molecule has 0 radical (unpaired) electrons. The first-order chi connectivity index (χ1) is 13.7. The lowest BCUT2D eigenvalue weighted by Crippen LogP contribution is -2.51. The summed E-state index contributed by atoms with van der Waals surface area (Å²) in [4.78, 5) is 0. The third-order valence-corrected chi connectivity index (χ3v) is 5.29. The highest BCUT2D eigenvalue weighted by atomic mass is 16.4. The molecule has 29 heavy (non-hydrogen) atoms. The average Bonchev–Trinajstić information content (AvgIpc) is 2.80. The summed E-state index contributed by atoms with van der Waals surface area (Å²) < 4.78 is 0. The first-order valence-corrected chi connectivity index (χ1v) is 9.34. The van der Waals surface area contributed by atoms with Crippen molar-refractivity contribution in [3.8, 4) is 0 Å². The minimum Gasteiger partial charge on any atom is -0.412 e. The molecule has 4 N–H and O–H groups in total. The van der Waals surface area contributed by atoms with Crippen molar-refractivity contribution in [3.63, 3.8) is 0 Å². The zero-order valence-electron chi connectivity index (χ0n) is 15.9. The van der Waals surface area contributed by atoms with E-state index in [1.165, 1.54) is 0 Å². The van der Waals surface area contributed by atoms with E-state index >= 15 is 0 Å². The van der Waals surface area contributed by atoms with Crippen LogP contribution in [0.5, 0.6) is 0 Å². The second-order valence-electron chi connectivity index (χ2n) is 6.88. The lowest BCUT2D eigenvalue weighted by molar-refractivity contribution is -0.113. The maximum absolute atomic E-state index is 12.3. The van der Waals surface area contributed by atoms with Crippen LogP contribution in [0.4, 0.5) is 0 Å². The predicted molar refractivity (Wildman–Crippen MR) is 115 cm³/mol. The van der Waals surface area contributed by atoms with Crippen LogP contribution in [-0.2, 0) is 11.2 Å². The SMILES string of the molecule is O.OC(c1ccccc1)(c1ccccc1)C(O)(c1ccccc1)c1ccccc1. The van der Waals surface area contributed by atoms with Crippen LogP contribution in [0.3, 0.4) is 0 Å². The molecule has 4 rings (SSSR count). The van der Waals surface area contributed by atoms with Gasteiger partial charge in [0.1, 0.15) is 0 Å². The van der Waals surface area contributed by atoms with E-state index < -0.39 is 11.2 Å². The highest BCUT2D eigenvalue weighted by molar-refractivity contribution is 5.50. The topological polar surface area (TPSA) is 72.0 Å². The highest BCUT2D eigenvalue weighted by Crippen LogP contribution is 2.49. The van der Waals surface area contributed by atoms with Gasteiger partial charge in [0.25, 0.3) is 0 Å². The van der Waals surface area contributed by atoms with Crippen molar-refractivity contribution in [1.82, 2.24) is 0 Å². The number of benzene rings is 4. The number of hydrogen-bond acceptors (Lipinski definition) is 2. The van der Waals surface area contributed by atoms with Gasteiger partial charge in [0.2, 0.25) is 0 Å². The quantitative estimate of drug-likeness (QED) is 0.545. The molecule has 0 saturated heterocycles. The summed E-state index contributed by atoms with van der Waals surface area (Å²) in [7, 11) is 0. The number of hydrogen-bond donors (Lipinski definition) is 2. The fourth-order valence-electron chi connectivity index (χ4n) is 3.89. The molecule has 0 saturated carbocycles. The largest absolute Gasteiger partial charge is 0.412 e. The minimum atomic E-state index is -1.70. The molecule has 0 bridgehead atoms. The van der Waals surface area contributed by atoms with E-state index in [1.54, 1.807) is 0 Å². The lowest BCUT2D eigenvalue weighted by Gasteiger charge is -2.45. The van der Waals surface area contributed by atoms with Gasteiger partial charge in [-0.3, -0.25) is 0 Å². The van der Waals surface area contributed by atoms with Gasteiger partial charge in [0.15, 0.2) is 11.2 Å². The third kappa shape index (κ3) is 3.36. The Morgan fingerprint density at radius 1 is 0.345 bits per heavy atom. The summed E-state index contributed by atoms with van der Waals surface area (Å²) in [5, 5.41) is 24.7. The third-order valence-electron chi connectivity index (χ3n) is 5.29. The van der Waals surface area contributed by atoms with Crippen molar-refractivity contribution in [3.05, 3.63) is 144 Å². The molecule has 0 aromatic heterocycles. The second kappa shape index (κ2) is 8.41. The molecule has 3 nitrogen and oxygen atoms in total. The van der Waals surface area contributed by atoms with Crippen molar-refractivity contribution in [2.24, 2.45) is 0 Å². The number of rotatable bonds is 5. The van der Waals surface area contributed by atoms with E-state index in [-0.39, 0.29) is 5.48 Å². The Kier molecular flexibility index (Phi) is 5.95. The fraction of sp³-hybridized carbons (Fsp3) is 0.0769. The zero-order valence-corrected chi connectivity index (χ0v) is 15.9. The molecule has 0 spiro atoms. The minimum absolute atomic E-state index is 0. The maximum Gasteiger partial charge on any atom is 0.152 e. The van der Waals surface area contributed by atoms with Crippen LogP contribution >= 0.6 is 0 Å². The molecule has 0 amide bonds. The summed E-state index contributed by atoms with van der Waals surface area (Å²) in [5.74, 6) is 0. The zero-order chi connectivity index (χ0) is 19.5. The molecule has 0 atom stereocenters. The van der Waals surface area contributed by atoms with Crippen LogP contribution in [0.25, 0.3) is 0 Å². The Balaban J connectivity index is 0.00000240. The van der Waals surface area contributed by atoms with Crippen LogP contribution in [0.15, 0.2) is 121 Å². The van der Waals surface area contributed by atoms with Crippen LogP contribution in [-0.4, -0.2) is 15.7 Å². The summed E-state index contributed by atoms with van der Waals surface area (Å²) in [5.41, 5.74) is -0.906. The molecule has 4 aromatic carbocycles. The molecule has 146 valence electrons. The van der Waals surface area contributed by atoms with E-state index in [9.17, 15) is 10.2 Å². The van der Waals surface area contributed by atoms with E-state index in [0.29, 0.717) is 22.3 Å². The predicted octanol–water partition coefficient (Wildman–Crippen LogP) is 4.03. The van der Waals surface area contributed by atoms with Crippen LogP contribution in [0, 0.1) is 0 Å². The lowest BCUT2D eigenvalue weighted by atomic mass is 9.66.